The van der Waals surface area contributed by atoms with Gasteiger partial charge in [-0.25, -0.2) is 4.39 Å². The zero-order valence-corrected chi connectivity index (χ0v) is 14.4. The third kappa shape index (κ3) is 4.43. The normalized spacial score (nSPS) is 14.9. The van der Waals surface area contributed by atoms with Crippen LogP contribution < -0.4 is 4.90 Å². The largest absolute Gasteiger partial charge is 0.336 e. The van der Waals surface area contributed by atoms with Crippen molar-refractivity contribution in [2.45, 2.75) is 0 Å². The first kappa shape index (κ1) is 18.0. The van der Waals surface area contributed by atoms with Crippen LogP contribution in [0, 0.1) is 5.82 Å². The SMILES string of the molecule is O=CN(CCN1CCN(C(=O)c2ccc(F)cc2)CC1)c1cccnc1. The van der Waals surface area contributed by atoms with Crippen LogP contribution in [0.2, 0.25) is 0 Å². The number of piperazine rings is 1. The highest BCUT2D eigenvalue weighted by Crippen LogP contribution is 2.12. The fourth-order valence-corrected chi connectivity index (χ4v) is 2.97. The van der Waals surface area contributed by atoms with Crippen molar-refractivity contribution in [3.63, 3.8) is 0 Å². The number of aromatic nitrogens is 1. The number of benzene rings is 1. The van der Waals surface area contributed by atoms with E-state index >= 15 is 0 Å². The zero-order valence-electron chi connectivity index (χ0n) is 14.4. The van der Waals surface area contributed by atoms with Gasteiger partial charge < -0.3 is 9.80 Å². The molecule has 1 fully saturated rings. The Morgan fingerprint density at radius 2 is 1.88 bits per heavy atom. The topological polar surface area (TPSA) is 56.8 Å². The average Bonchev–Trinajstić information content (AvgIpc) is 2.70. The van der Waals surface area contributed by atoms with E-state index in [0.717, 1.165) is 31.7 Å². The molecule has 0 bridgehead atoms. The number of rotatable bonds is 6. The van der Waals surface area contributed by atoms with Crippen molar-refractivity contribution in [3.8, 4) is 0 Å². The predicted molar refractivity (Wildman–Crippen MR) is 96.4 cm³/mol. The van der Waals surface area contributed by atoms with Crippen molar-refractivity contribution in [3.05, 3.63) is 60.2 Å². The molecule has 1 aromatic heterocycles. The highest BCUT2D eigenvalue weighted by atomic mass is 19.1. The van der Waals surface area contributed by atoms with E-state index in [9.17, 15) is 14.0 Å². The number of hydrogen-bond donors (Lipinski definition) is 0. The molecule has 0 saturated carbocycles. The monoisotopic (exact) mass is 356 g/mol. The van der Waals surface area contributed by atoms with E-state index in [1.807, 2.05) is 6.07 Å². The second-order valence-electron chi connectivity index (χ2n) is 6.15. The van der Waals surface area contributed by atoms with E-state index in [1.54, 1.807) is 28.3 Å². The summed E-state index contributed by atoms with van der Waals surface area (Å²) >= 11 is 0. The highest BCUT2D eigenvalue weighted by molar-refractivity contribution is 5.94. The van der Waals surface area contributed by atoms with Gasteiger partial charge >= 0.3 is 0 Å². The van der Waals surface area contributed by atoms with Gasteiger partial charge in [0.1, 0.15) is 5.82 Å². The van der Waals surface area contributed by atoms with E-state index in [0.29, 0.717) is 25.2 Å². The van der Waals surface area contributed by atoms with Crippen molar-refractivity contribution in [2.24, 2.45) is 0 Å². The Morgan fingerprint density at radius 3 is 2.50 bits per heavy atom. The van der Waals surface area contributed by atoms with Crippen LogP contribution in [-0.2, 0) is 4.79 Å². The quantitative estimate of drug-likeness (QED) is 0.739. The second-order valence-corrected chi connectivity index (χ2v) is 6.15. The van der Waals surface area contributed by atoms with Gasteiger partial charge in [0.25, 0.3) is 5.91 Å². The second kappa shape index (κ2) is 8.53. The molecule has 2 amide bonds. The summed E-state index contributed by atoms with van der Waals surface area (Å²) in [7, 11) is 0. The van der Waals surface area contributed by atoms with E-state index in [-0.39, 0.29) is 11.7 Å². The minimum absolute atomic E-state index is 0.0745. The molecule has 0 atom stereocenters. The lowest BCUT2D eigenvalue weighted by molar-refractivity contribution is -0.107. The lowest BCUT2D eigenvalue weighted by Crippen LogP contribution is -2.50. The Hall–Kier alpha value is -2.80. The zero-order chi connectivity index (χ0) is 18.4. The molecule has 0 radical (unpaired) electrons. The summed E-state index contributed by atoms with van der Waals surface area (Å²) in [5.74, 6) is -0.422. The molecule has 1 aromatic carbocycles. The van der Waals surface area contributed by atoms with Crippen molar-refractivity contribution in [1.82, 2.24) is 14.8 Å². The Morgan fingerprint density at radius 1 is 1.15 bits per heavy atom. The predicted octanol–water partition coefficient (Wildman–Crippen LogP) is 1.64. The fraction of sp³-hybridized carbons (Fsp3) is 0.316. The van der Waals surface area contributed by atoms with Crippen molar-refractivity contribution in [1.29, 1.82) is 0 Å². The molecule has 1 aliphatic heterocycles. The summed E-state index contributed by atoms with van der Waals surface area (Å²) in [6, 6.07) is 9.28. The molecular weight excluding hydrogens is 335 g/mol. The van der Waals surface area contributed by atoms with Gasteiger partial charge in [-0.1, -0.05) is 0 Å². The van der Waals surface area contributed by atoms with Crippen LogP contribution in [-0.4, -0.2) is 66.4 Å². The lowest BCUT2D eigenvalue weighted by Gasteiger charge is -2.35. The molecule has 136 valence electrons. The third-order valence-corrected chi connectivity index (χ3v) is 4.51. The van der Waals surface area contributed by atoms with E-state index < -0.39 is 0 Å². The molecule has 1 saturated heterocycles. The molecule has 0 unspecified atom stereocenters. The smallest absolute Gasteiger partial charge is 0.253 e. The molecular formula is C19H21FN4O2. The molecule has 0 N–H and O–H groups in total. The summed E-state index contributed by atoms with van der Waals surface area (Å²) in [5.41, 5.74) is 1.27. The molecule has 7 heteroatoms. The number of nitrogens with zero attached hydrogens (tertiary/aromatic N) is 4. The first-order valence-electron chi connectivity index (χ1n) is 8.56. The third-order valence-electron chi connectivity index (χ3n) is 4.51. The maximum atomic E-state index is 13.0. The first-order chi connectivity index (χ1) is 12.7. The van der Waals surface area contributed by atoms with Gasteiger partial charge in [0, 0.05) is 51.0 Å². The summed E-state index contributed by atoms with van der Waals surface area (Å²) in [4.78, 5) is 33.4. The Balaban J connectivity index is 1.48. The minimum Gasteiger partial charge on any atom is -0.336 e. The highest BCUT2D eigenvalue weighted by Gasteiger charge is 2.22. The van der Waals surface area contributed by atoms with Crippen LogP contribution in [0.25, 0.3) is 0 Å². The maximum absolute atomic E-state index is 13.0. The van der Waals surface area contributed by atoms with Crippen molar-refractivity contribution >= 4 is 18.0 Å². The Labute approximate surface area is 151 Å². The number of pyridine rings is 1. The minimum atomic E-state index is -0.347. The van der Waals surface area contributed by atoms with Gasteiger partial charge in [0.05, 0.1) is 11.9 Å². The molecule has 0 spiro atoms. The average molecular weight is 356 g/mol. The number of amides is 2. The number of halogens is 1. The molecule has 1 aliphatic rings. The molecule has 3 rings (SSSR count). The van der Waals surface area contributed by atoms with Crippen molar-refractivity contribution in [2.75, 3.05) is 44.2 Å². The van der Waals surface area contributed by atoms with Gasteiger partial charge in [-0.15, -0.1) is 0 Å². The molecule has 6 nitrogen and oxygen atoms in total. The maximum Gasteiger partial charge on any atom is 0.253 e. The molecule has 0 aliphatic carbocycles. The summed E-state index contributed by atoms with van der Waals surface area (Å²) in [6.07, 6.45) is 4.14. The number of hydrogen-bond acceptors (Lipinski definition) is 4. The fourth-order valence-electron chi connectivity index (χ4n) is 2.97. The first-order valence-corrected chi connectivity index (χ1v) is 8.56. The van der Waals surface area contributed by atoms with Crippen LogP contribution >= 0.6 is 0 Å². The molecule has 2 aromatic rings. The van der Waals surface area contributed by atoms with Gasteiger partial charge in [-0.05, 0) is 36.4 Å². The molecule has 2 heterocycles. The van der Waals surface area contributed by atoms with Crippen LogP contribution in [0.4, 0.5) is 10.1 Å². The van der Waals surface area contributed by atoms with E-state index in [1.165, 1.54) is 24.3 Å². The Kier molecular flexibility index (Phi) is 5.91. The lowest BCUT2D eigenvalue weighted by atomic mass is 10.2. The summed E-state index contributed by atoms with van der Waals surface area (Å²) < 4.78 is 13.0. The summed E-state index contributed by atoms with van der Waals surface area (Å²) in [5, 5.41) is 0. The van der Waals surface area contributed by atoms with Gasteiger partial charge in [-0.2, -0.15) is 0 Å². The van der Waals surface area contributed by atoms with Gasteiger partial charge in [-0.3, -0.25) is 19.5 Å². The Bertz CT molecular complexity index is 731. The van der Waals surface area contributed by atoms with E-state index in [2.05, 4.69) is 9.88 Å². The van der Waals surface area contributed by atoms with Crippen LogP contribution in [0.1, 0.15) is 10.4 Å². The number of anilines is 1. The van der Waals surface area contributed by atoms with Crippen LogP contribution in [0.15, 0.2) is 48.8 Å². The number of carbonyl (C=O) groups is 2. The van der Waals surface area contributed by atoms with Crippen LogP contribution in [0.3, 0.4) is 0 Å². The van der Waals surface area contributed by atoms with Gasteiger partial charge in [0.15, 0.2) is 0 Å². The van der Waals surface area contributed by atoms with E-state index in [4.69, 9.17) is 0 Å². The van der Waals surface area contributed by atoms with Gasteiger partial charge in [0.2, 0.25) is 6.41 Å². The summed E-state index contributed by atoms with van der Waals surface area (Å²) in [6.45, 7) is 4.01. The van der Waals surface area contributed by atoms with Crippen molar-refractivity contribution < 1.29 is 14.0 Å². The standard InChI is InChI=1S/C19H21FN4O2/c20-17-5-3-16(4-6-17)19(26)23-11-8-22(9-12-23)10-13-24(15-25)18-2-1-7-21-14-18/h1-7,14-15H,8-13H2. The number of carbonyl (C=O) groups excluding carboxylic acids is 2. The molecule has 26 heavy (non-hydrogen) atoms. The van der Waals surface area contributed by atoms with Crippen LogP contribution in [0.5, 0.6) is 0 Å².